The minimum atomic E-state index is -0.596. The molecule has 114 valence electrons. The van der Waals surface area contributed by atoms with Crippen LogP contribution in [0.1, 0.15) is 31.4 Å². The zero-order chi connectivity index (χ0) is 16.4. The molecule has 1 rings (SSSR count). The van der Waals surface area contributed by atoms with E-state index in [4.69, 9.17) is 5.26 Å². The second-order valence-electron chi connectivity index (χ2n) is 4.06. The summed E-state index contributed by atoms with van der Waals surface area (Å²) in [5.41, 5.74) is 0.818. The van der Waals surface area contributed by atoms with Gasteiger partial charge in [-0.1, -0.05) is 19.9 Å². The number of halogens is 1. The molecule has 5 nitrogen and oxygen atoms in total. The zero-order valence-corrected chi connectivity index (χ0v) is 12.7. The summed E-state index contributed by atoms with van der Waals surface area (Å²) in [5, 5.41) is 10.9. The number of hydrogen-bond donors (Lipinski definition) is 1. The highest BCUT2D eigenvalue weighted by Crippen LogP contribution is 2.23. The van der Waals surface area contributed by atoms with Gasteiger partial charge in [-0.05, 0) is 18.6 Å². The maximum Gasteiger partial charge on any atom is 0.228 e. The third kappa shape index (κ3) is 5.22. The van der Waals surface area contributed by atoms with Crippen LogP contribution in [0.25, 0.3) is 0 Å². The molecule has 0 fully saturated rings. The monoisotopic (exact) mass is 293 g/mol. The molecule has 0 bridgehead atoms. The number of amides is 2. The van der Waals surface area contributed by atoms with E-state index in [-0.39, 0.29) is 24.2 Å². The predicted octanol–water partition coefficient (Wildman–Crippen LogP) is 2.13. The molecule has 0 radical (unpaired) electrons. The van der Waals surface area contributed by atoms with Crippen LogP contribution < -0.4 is 10.2 Å². The summed E-state index contributed by atoms with van der Waals surface area (Å²) in [6.07, 6.45) is 0.368. The minimum Gasteiger partial charge on any atom is -0.372 e. The predicted molar refractivity (Wildman–Crippen MR) is 79.3 cm³/mol. The lowest BCUT2D eigenvalue weighted by Gasteiger charge is -2.20. The number of carbonyl (C=O) groups is 2. The van der Waals surface area contributed by atoms with Gasteiger partial charge in [-0.15, -0.1) is 0 Å². The van der Waals surface area contributed by atoms with Crippen LogP contribution in [0.2, 0.25) is 0 Å². The van der Waals surface area contributed by atoms with Crippen molar-refractivity contribution in [1.29, 1.82) is 5.26 Å². The van der Waals surface area contributed by atoms with E-state index in [1.165, 1.54) is 4.90 Å². The number of imide groups is 1. The van der Waals surface area contributed by atoms with Gasteiger partial charge in [0.25, 0.3) is 0 Å². The third-order valence-corrected chi connectivity index (χ3v) is 2.75. The first-order valence-corrected chi connectivity index (χ1v) is 6.64. The number of carbonyl (C=O) groups excluding carboxylic acids is 2. The molecule has 0 aromatic heterocycles. The molecule has 0 spiro atoms. The van der Waals surface area contributed by atoms with E-state index in [9.17, 15) is 14.0 Å². The zero-order valence-electron chi connectivity index (χ0n) is 12.7. The maximum absolute atomic E-state index is 14.0. The van der Waals surface area contributed by atoms with Crippen LogP contribution in [0.15, 0.2) is 12.1 Å². The number of aryl methyl sites for hydroxylation is 1. The van der Waals surface area contributed by atoms with Crippen molar-refractivity contribution in [2.75, 3.05) is 18.5 Å². The van der Waals surface area contributed by atoms with E-state index >= 15 is 0 Å². The molecule has 0 unspecified atom stereocenters. The average molecular weight is 293 g/mol. The Morgan fingerprint density at radius 2 is 2.10 bits per heavy atom. The Kier molecular flexibility index (Phi) is 8.39. The van der Waals surface area contributed by atoms with Gasteiger partial charge in [0.05, 0.1) is 11.3 Å². The van der Waals surface area contributed by atoms with Gasteiger partial charge in [-0.25, -0.2) is 4.39 Å². The van der Waals surface area contributed by atoms with Gasteiger partial charge in [0.15, 0.2) is 5.82 Å². The first-order chi connectivity index (χ1) is 10.0. The lowest BCUT2D eigenvalue weighted by molar-refractivity contribution is -0.125. The number of nitriles is 1. The van der Waals surface area contributed by atoms with Crippen LogP contribution >= 0.6 is 0 Å². The van der Waals surface area contributed by atoms with E-state index in [0.29, 0.717) is 12.0 Å². The Bertz CT molecular complexity index is 538. The molecule has 0 aliphatic heterocycles. The second-order valence-corrected chi connectivity index (χ2v) is 4.06. The molecular formula is C15H20FN3O2. The fraction of sp³-hybridized carbons (Fsp3) is 0.400. The number of benzene rings is 1. The second kappa shape index (κ2) is 9.48. The van der Waals surface area contributed by atoms with E-state index < -0.39 is 11.7 Å². The molecular weight excluding hydrogens is 273 g/mol. The van der Waals surface area contributed by atoms with Gasteiger partial charge in [0.2, 0.25) is 12.3 Å². The standard InChI is InChI=1S/C13H14FN3O2.C2H6/c1-9-3-4-11(13(14)10(9)7-15)17(2)6-5-12(19)16-8-18;1-2/h3-4,8H,5-6H2,1-2H3,(H,16,18,19);1-2H3. The molecule has 6 heteroatoms. The average Bonchev–Trinajstić information content (AvgIpc) is 2.48. The van der Waals surface area contributed by atoms with Crippen LogP contribution in [0.5, 0.6) is 0 Å². The summed E-state index contributed by atoms with van der Waals surface area (Å²) in [5.74, 6) is -1.03. The van der Waals surface area contributed by atoms with Crippen molar-refractivity contribution in [3.05, 3.63) is 29.1 Å². The quantitative estimate of drug-likeness (QED) is 0.844. The van der Waals surface area contributed by atoms with Gasteiger partial charge < -0.3 is 4.90 Å². The topological polar surface area (TPSA) is 73.2 Å². The number of hydrogen-bond acceptors (Lipinski definition) is 4. The van der Waals surface area contributed by atoms with Crippen molar-refractivity contribution in [3.8, 4) is 6.07 Å². The van der Waals surface area contributed by atoms with Crippen molar-refractivity contribution in [2.24, 2.45) is 0 Å². The van der Waals surface area contributed by atoms with Crippen molar-refractivity contribution < 1.29 is 14.0 Å². The summed E-state index contributed by atoms with van der Waals surface area (Å²) in [6.45, 7) is 5.90. The van der Waals surface area contributed by atoms with E-state index in [1.54, 1.807) is 26.1 Å². The Hall–Kier alpha value is -2.42. The number of nitrogens with zero attached hydrogens (tertiary/aromatic N) is 2. The number of anilines is 1. The largest absolute Gasteiger partial charge is 0.372 e. The molecule has 2 amide bonds. The van der Waals surface area contributed by atoms with Crippen LogP contribution in [0, 0.1) is 24.1 Å². The lowest BCUT2D eigenvalue weighted by atomic mass is 10.1. The summed E-state index contributed by atoms with van der Waals surface area (Å²) in [4.78, 5) is 22.7. The molecule has 1 N–H and O–H groups in total. The van der Waals surface area contributed by atoms with Crippen molar-refractivity contribution >= 4 is 18.0 Å². The number of rotatable bonds is 5. The Balaban J connectivity index is 0.00000191. The first-order valence-electron chi connectivity index (χ1n) is 6.64. The normalized spacial score (nSPS) is 8.95. The van der Waals surface area contributed by atoms with Gasteiger partial charge in [0.1, 0.15) is 6.07 Å². The van der Waals surface area contributed by atoms with E-state index in [0.717, 1.165) is 0 Å². The SMILES string of the molecule is CC.Cc1ccc(N(C)CCC(=O)NC=O)c(F)c1C#N. The molecule has 1 aromatic carbocycles. The van der Waals surface area contributed by atoms with Gasteiger partial charge in [-0.2, -0.15) is 5.26 Å². The van der Waals surface area contributed by atoms with Crippen LogP contribution in [0.4, 0.5) is 10.1 Å². The van der Waals surface area contributed by atoms with E-state index in [1.807, 2.05) is 25.2 Å². The molecule has 0 aliphatic carbocycles. The summed E-state index contributed by atoms with van der Waals surface area (Å²) in [7, 11) is 1.61. The highest BCUT2D eigenvalue weighted by Gasteiger charge is 2.14. The molecule has 0 heterocycles. The van der Waals surface area contributed by atoms with Crippen LogP contribution in [-0.4, -0.2) is 25.9 Å². The minimum absolute atomic E-state index is 0.00157. The van der Waals surface area contributed by atoms with Gasteiger partial charge >= 0.3 is 0 Å². The molecule has 0 atom stereocenters. The maximum atomic E-state index is 14.0. The summed E-state index contributed by atoms with van der Waals surface area (Å²) >= 11 is 0. The van der Waals surface area contributed by atoms with E-state index in [2.05, 4.69) is 0 Å². The van der Waals surface area contributed by atoms with Gasteiger partial charge in [0, 0.05) is 20.0 Å². The Morgan fingerprint density at radius 1 is 1.48 bits per heavy atom. The van der Waals surface area contributed by atoms with Crippen molar-refractivity contribution in [1.82, 2.24) is 5.32 Å². The Morgan fingerprint density at radius 3 is 2.62 bits per heavy atom. The number of nitrogens with one attached hydrogen (secondary N) is 1. The lowest BCUT2D eigenvalue weighted by Crippen LogP contribution is -2.28. The molecule has 1 aromatic rings. The highest BCUT2D eigenvalue weighted by molar-refractivity contribution is 5.86. The fourth-order valence-electron chi connectivity index (χ4n) is 1.62. The molecule has 21 heavy (non-hydrogen) atoms. The summed E-state index contributed by atoms with van der Waals surface area (Å²) in [6, 6.07) is 5.03. The van der Waals surface area contributed by atoms with Crippen molar-refractivity contribution in [3.63, 3.8) is 0 Å². The first kappa shape index (κ1) is 18.6. The molecule has 0 aliphatic rings. The van der Waals surface area contributed by atoms with Crippen LogP contribution in [0.3, 0.4) is 0 Å². The van der Waals surface area contributed by atoms with Crippen molar-refractivity contribution in [2.45, 2.75) is 27.2 Å². The molecule has 0 saturated carbocycles. The third-order valence-electron chi connectivity index (χ3n) is 2.75. The Labute approximate surface area is 124 Å². The highest BCUT2D eigenvalue weighted by atomic mass is 19.1. The summed E-state index contributed by atoms with van der Waals surface area (Å²) < 4.78 is 14.0. The molecule has 0 saturated heterocycles. The smallest absolute Gasteiger partial charge is 0.228 e. The van der Waals surface area contributed by atoms with Gasteiger partial charge in [-0.3, -0.25) is 14.9 Å². The fourth-order valence-corrected chi connectivity index (χ4v) is 1.62. The van der Waals surface area contributed by atoms with Crippen LogP contribution in [-0.2, 0) is 9.59 Å².